The number of thiazole rings is 1. The molecule has 2 rings (SSSR count). The van der Waals surface area contributed by atoms with Crippen LogP contribution >= 0.6 is 11.3 Å². The Hall–Kier alpha value is -1.79. The van der Waals surface area contributed by atoms with Crippen molar-refractivity contribution < 1.29 is 4.92 Å². The fourth-order valence-electron chi connectivity index (χ4n) is 2.02. The number of nitrogens with one attached hydrogen (secondary N) is 1. The predicted octanol–water partition coefficient (Wildman–Crippen LogP) is 3.77. The van der Waals surface area contributed by atoms with Gasteiger partial charge < -0.3 is 5.32 Å². The molecule has 0 saturated heterocycles. The van der Waals surface area contributed by atoms with Crippen molar-refractivity contribution in [2.24, 2.45) is 0 Å². The SMILES string of the molecule is Cc1cnc(C(C)NC(C)c2cccc([N+](=O)[O-])c2)s1. The molecule has 5 nitrogen and oxygen atoms in total. The largest absolute Gasteiger partial charge is 0.302 e. The van der Waals surface area contributed by atoms with Crippen molar-refractivity contribution >= 4 is 17.0 Å². The molecule has 1 N–H and O–H groups in total. The molecule has 2 atom stereocenters. The van der Waals surface area contributed by atoms with Gasteiger partial charge in [-0.25, -0.2) is 4.98 Å². The lowest BCUT2D eigenvalue weighted by atomic mass is 10.1. The summed E-state index contributed by atoms with van der Waals surface area (Å²) in [6.45, 7) is 6.07. The van der Waals surface area contributed by atoms with E-state index in [0.29, 0.717) is 0 Å². The lowest BCUT2D eigenvalue weighted by molar-refractivity contribution is -0.384. The van der Waals surface area contributed by atoms with Gasteiger partial charge in [0.2, 0.25) is 0 Å². The molecule has 2 aromatic rings. The maximum absolute atomic E-state index is 10.8. The molecule has 20 heavy (non-hydrogen) atoms. The van der Waals surface area contributed by atoms with E-state index in [0.717, 1.165) is 10.6 Å². The summed E-state index contributed by atoms with van der Waals surface area (Å²) in [5.41, 5.74) is 1.02. The van der Waals surface area contributed by atoms with Gasteiger partial charge in [-0.1, -0.05) is 12.1 Å². The molecule has 0 fully saturated rings. The molecular weight excluding hydrogens is 274 g/mol. The Balaban J connectivity index is 2.09. The van der Waals surface area contributed by atoms with Gasteiger partial charge >= 0.3 is 0 Å². The van der Waals surface area contributed by atoms with Crippen molar-refractivity contribution in [1.82, 2.24) is 10.3 Å². The third kappa shape index (κ3) is 3.40. The van der Waals surface area contributed by atoms with E-state index in [2.05, 4.69) is 10.3 Å². The van der Waals surface area contributed by atoms with Crippen molar-refractivity contribution in [2.75, 3.05) is 0 Å². The Morgan fingerprint density at radius 3 is 2.70 bits per heavy atom. The van der Waals surface area contributed by atoms with Crippen molar-refractivity contribution in [1.29, 1.82) is 0 Å². The number of nitro benzene ring substituents is 1. The Morgan fingerprint density at radius 2 is 2.10 bits per heavy atom. The average Bonchev–Trinajstić information content (AvgIpc) is 2.85. The molecule has 0 amide bonds. The first kappa shape index (κ1) is 14.6. The number of hydrogen-bond donors (Lipinski definition) is 1. The van der Waals surface area contributed by atoms with Crippen LogP contribution in [0, 0.1) is 17.0 Å². The first-order valence-corrected chi connectivity index (χ1v) is 7.21. The monoisotopic (exact) mass is 291 g/mol. The highest BCUT2D eigenvalue weighted by atomic mass is 32.1. The van der Waals surface area contributed by atoms with Crippen molar-refractivity contribution in [3.63, 3.8) is 0 Å². The molecule has 1 heterocycles. The molecular formula is C14H17N3O2S. The molecule has 1 aromatic carbocycles. The van der Waals surface area contributed by atoms with E-state index < -0.39 is 0 Å². The first-order valence-electron chi connectivity index (χ1n) is 6.40. The van der Waals surface area contributed by atoms with Crippen LogP contribution in [-0.2, 0) is 0 Å². The van der Waals surface area contributed by atoms with Crippen LogP contribution in [0.2, 0.25) is 0 Å². The second-order valence-electron chi connectivity index (χ2n) is 4.77. The molecule has 0 aliphatic rings. The standard InChI is InChI=1S/C14H17N3O2S/c1-9-8-15-14(20-9)11(3)16-10(2)12-5-4-6-13(7-12)17(18)19/h4-8,10-11,16H,1-3H3. The smallest absolute Gasteiger partial charge is 0.269 e. The highest BCUT2D eigenvalue weighted by Crippen LogP contribution is 2.24. The highest BCUT2D eigenvalue weighted by Gasteiger charge is 2.15. The maximum atomic E-state index is 10.8. The van der Waals surface area contributed by atoms with E-state index in [9.17, 15) is 10.1 Å². The number of aromatic nitrogens is 1. The summed E-state index contributed by atoms with van der Waals surface area (Å²) in [5, 5.41) is 15.2. The highest BCUT2D eigenvalue weighted by molar-refractivity contribution is 7.11. The van der Waals surface area contributed by atoms with Crippen LogP contribution in [0.3, 0.4) is 0 Å². The molecule has 0 radical (unpaired) electrons. The second kappa shape index (κ2) is 6.11. The number of non-ortho nitro benzene ring substituents is 1. The van der Waals surface area contributed by atoms with Crippen LogP contribution < -0.4 is 5.32 Å². The Kier molecular flexibility index (Phi) is 4.46. The van der Waals surface area contributed by atoms with E-state index in [1.807, 2.05) is 33.0 Å². The zero-order valence-electron chi connectivity index (χ0n) is 11.7. The summed E-state index contributed by atoms with van der Waals surface area (Å²) < 4.78 is 0. The lowest BCUT2D eigenvalue weighted by Gasteiger charge is -2.18. The summed E-state index contributed by atoms with van der Waals surface area (Å²) in [4.78, 5) is 16.0. The van der Waals surface area contributed by atoms with E-state index >= 15 is 0 Å². The van der Waals surface area contributed by atoms with Gasteiger partial charge in [-0.3, -0.25) is 10.1 Å². The molecule has 0 aliphatic carbocycles. The molecule has 0 bridgehead atoms. The zero-order chi connectivity index (χ0) is 14.7. The van der Waals surface area contributed by atoms with Crippen LogP contribution in [0.1, 0.15) is 41.4 Å². The summed E-state index contributed by atoms with van der Waals surface area (Å²) in [6.07, 6.45) is 1.86. The minimum absolute atomic E-state index is 0.0223. The van der Waals surface area contributed by atoms with Gasteiger partial charge in [0.1, 0.15) is 5.01 Å². The quantitative estimate of drug-likeness (QED) is 0.672. The van der Waals surface area contributed by atoms with Crippen molar-refractivity contribution in [3.05, 3.63) is 56.0 Å². The predicted molar refractivity (Wildman–Crippen MR) is 79.9 cm³/mol. The van der Waals surface area contributed by atoms with Gasteiger partial charge in [-0.05, 0) is 26.3 Å². The fourth-order valence-corrected chi connectivity index (χ4v) is 2.81. The van der Waals surface area contributed by atoms with Crippen molar-refractivity contribution in [3.8, 4) is 0 Å². The summed E-state index contributed by atoms with van der Waals surface area (Å²) in [7, 11) is 0. The fraction of sp³-hybridized carbons (Fsp3) is 0.357. The van der Waals surface area contributed by atoms with Gasteiger partial charge in [0.15, 0.2) is 0 Å². The number of hydrogen-bond acceptors (Lipinski definition) is 5. The minimum atomic E-state index is -0.371. The molecule has 1 aromatic heterocycles. The van der Waals surface area contributed by atoms with Crippen LogP contribution in [0.25, 0.3) is 0 Å². The maximum Gasteiger partial charge on any atom is 0.269 e. The summed E-state index contributed by atoms with van der Waals surface area (Å²) in [6, 6.07) is 6.85. The molecule has 0 saturated carbocycles. The molecule has 0 spiro atoms. The zero-order valence-corrected chi connectivity index (χ0v) is 12.5. The Morgan fingerprint density at radius 1 is 1.35 bits per heavy atom. The van der Waals surface area contributed by atoms with Crippen LogP contribution in [0.5, 0.6) is 0 Å². The van der Waals surface area contributed by atoms with Gasteiger partial charge in [0.05, 0.1) is 11.0 Å². The number of rotatable bonds is 5. The van der Waals surface area contributed by atoms with Gasteiger partial charge in [-0.15, -0.1) is 11.3 Å². The van der Waals surface area contributed by atoms with Crippen LogP contribution in [0.15, 0.2) is 30.5 Å². The number of nitrogens with zero attached hydrogens (tertiary/aromatic N) is 2. The number of aryl methyl sites for hydroxylation is 1. The van der Waals surface area contributed by atoms with E-state index in [1.54, 1.807) is 23.5 Å². The Bertz CT molecular complexity index is 612. The normalized spacial score (nSPS) is 13.9. The minimum Gasteiger partial charge on any atom is -0.302 e. The molecule has 2 unspecified atom stereocenters. The van der Waals surface area contributed by atoms with Crippen LogP contribution in [0.4, 0.5) is 5.69 Å². The van der Waals surface area contributed by atoms with E-state index in [4.69, 9.17) is 0 Å². The summed E-state index contributed by atoms with van der Waals surface area (Å²) in [5.74, 6) is 0. The van der Waals surface area contributed by atoms with Gasteiger partial charge in [0, 0.05) is 29.2 Å². The lowest BCUT2D eigenvalue weighted by Crippen LogP contribution is -2.22. The molecule has 0 aliphatic heterocycles. The van der Waals surface area contributed by atoms with Crippen molar-refractivity contribution in [2.45, 2.75) is 32.9 Å². The van der Waals surface area contributed by atoms with Crippen LogP contribution in [-0.4, -0.2) is 9.91 Å². The first-order chi connectivity index (χ1) is 9.47. The Labute approximate surface area is 121 Å². The van der Waals surface area contributed by atoms with Gasteiger partial charge in [0.25, 0.3) is 5.69 Å². The number of benzene rings is 1. The second-order valence-corrected chi connectivity index (χ2v) is 6.04. The summed E-state index contributed by atoms with van der Waals surface area (Å²) >= 11 is 1.66. The average molecular weight is 291 g/mol. The van der Waals surface area contributed by atoms with E-state index in [-0.39, 0.29) is 22.7 Å². The third-order valence-electron chi connectivity index (χ3n) is 3.09. The molecule has 106 valence electrons. The van der Waals surface area contributed by atoms with Gasteiger partial charge in [-0.2, -0.15) is 0 Å². The topological polar surface area (TPSA) is 68.1 Å². The van der Waals surface area contributed by atoms with E-state index in [1.165, 1.54) is 10.9 Å². The third-order valence-corrected chi connectivity index (χ3v) is 4.19. The molecule has 6 heteroatoms. The number of nitro groups is 1.